The van der Waals surface area contributed by atoms with Crippen LogP contribution in [-0.4, -0.2) is 26.9 Å². The number of hydrogen-bond donors (Lipinski definition) is 1. The van der Waals surface area contributed by atoms with E-state index in [9.17, 15) is 0 Å². The van der Waals surface area contributed by atoms with Crippen LogP contribution in [0.1, 0.15) is 24.1 Å². The molecule has 4 nitrogen and oxygen atoms in total. The Morgan fingerprint density at radius 3 is 2.75 bits per heavy atom. The minimum atomic E-state index is 0.0671. The van der Waals surface area contributed by atoms with Gasteiger partial charge in [-0.1, -0.05) is 25.1 Å². The average Bonchev–Trinajstić information content (AvgIpc) is 3.00. The predicted octanol–water partition coefficient (Wildman–Crippen LogP) is 3.00. The van der Waals surface area contributed by atoms with Gasteiger partial charge >= 0.3 is 0 Å². The number of hydrogen-bond acceptors (Lipinski definition) is 4. The van der Waals surface area contributed by atoms with Crippen molar-refractivity contribution in [1.29, 1.82) is 0 Å². The summed E-state index contributed by atoms with van der Waals surface area (Å²) in [6, 6.07) is 10.1. The van der Waals surface area contributed by atoms with Gasteiger partial charge in [0.25, 0.3) is 0 Å². The Morgan fingerprint density at radius 1 is 1.20 bits per heavy atom. The number of methoxy groups -OCH3 is 1. The fourth-order valence-corrected chi connectivity index (χ4v) is 2.14. The summed E-state index contributed by atoms with van der Waals surface area (Å²) in [4.78, 5) is 0. The molecule has 2 aromatic rings. The van der Waals surface area contributed by atoms with Gasteiger partial charge in [0.1, 0.15) is 12.4 Å². The zero-order chi connectivity index (χ0) is 14.2. The van der Waals surface area contributed by atoms with Crippen LogP contribution in [-0.2, 0) is 4.74 Å². The maximum absolute atomic E-state index is 5.81. The van der Waals surface area contributed by atoms with Crippen molar-refractivity contribution in [1.82, 2.24) is 5.32 Å². The molecular weight excluding hydrogens is 254 g/mol. The number of furan rings is 1. The normalized spacial score (nSPS) is 12.3. The lowest BCUT2D eigenvalue weighted by molar-refractivity contribution is 0.145. The first kappa shape index (κ1) is 14.6. The van der Waals surface area contributed by atoms with Gasteiger partial charge in [-0.3, -0.25) is 0 Å². The van der Waals surface area contributed by atoms with E-state index in [2.05, 4.69) is 18.3 Å². The second kappa shape index (κ2) is 7.72. The zero-order valence-corrected chi connectivity index (χ0v) is 12.0. The molecule has 0 fully saturated rings. The second-order valence-electron chi connectivity index (χ2n) is 4.43. The molecule has 1 N–H and O–H groups in total. The third-order valence-electron chi connectivity index (χ3n) is 3.06. The van der Waals surface area contributed by atoms with Crippen LogP contribution in [0.25, 0.3) is 0 Å². The van der Waals surface area contributed by atoms with Crippen molar-refractivity contribution in [3.8, 4) is 5.75 Å². The van der Waals surface area contributed by atoms with Crippen molar-refractivity contribution >= 4 is 0 Å². The van der Waals surface area contributed by atoms with Crippen LogP contribution in [0.15, 0.2) is 47.3 Å². The summed E-state index contributed by atoms with van der Waals surface area (Å²) >= 11 is 0. The Labute approximate surface area is 119 Å². The molecule has 1 aromatic heterocycles. The van der Waals surface area contributed by atoms with Crippen LogP contribution < -0.4 is 10.1 Å². The van der Waals surface area contributed by atoms with Crippen molar-refractivity contribution < 1.29 is 13.9 Å². The third kappa shape index (κ3) is 3.62. The van der Waals surface area contributed by atoms with Crippen molar-refractivity contribution in [2.45, 2.75) is 13.0 Å². The molecule has 0 spiro atoms. The lowest BCUT2D eigenvalue weighted by Crippen LogP contribution is -2.22. The fourth-order valence-electron chi connectivity index (χ4n) is 2.14. The predicted molar refractivity (Wildman–Crippen MR) is 78.0 cm³/mol. The largest absolute Gasteiger partial charge is 0.491 e. The third-order valence-corrected chi connectivity index (χ3v) is 3.06. The number of nitrogens with one attached hydrogen (secondary N) is 1. The summed E-state index contributed by atoms with van der Waals surface area (Å²) in [5.41, 5.74) is 2.20. The summed E-state index contributed by atoms with van der Waals surface area (Å²) in [5.74, 6) is 0.872. The van der Waals surface area contributed by atoms with E-state index in [1.807, 2.05) is 24.3 Å². The summed E-state index contributed by atoms with van der Waals surface area (Å²) in [5, 5.41) is 3.46. The molecule has 1 unspecified atom stereocenters. The Balaban J connectivity index is 2.23. The minimum absolute atomic E-state index is 0.0671. The molecule has 0 saturated heterocycles. The molecule has 0 aliphatic rings. The molecule has 0 amide bonds. The Kier molecular flexibility index (Phi) is 5.65. The second-order valence-corrected chi connectivity index (χ2v) is 4.43. The van der Waals surface area contributed by atoms with Crippen LogP contribution in [0, 0.1) is 0 Å². The Morgan fingerprint density at radius 2 is 2.05 bits per heavy atom. The van der Waals surface area contributed by atoms with Crippen LogP contribution >= 0.6 is 0 Å². The lowest BCUT2D eigenvalue weighted by Gasteiger charge is -2.20. The molecule has 2 rings (SSSR count). The summed E-state index contributed by atoms with van der Waals surface area (Å²) in [7, 11) is 1.67. The molecule has 1 aromatic carbocycles. The van der Waals surface area contributed by atoms with Gasteiger partial charge in [0, 0.05) is 18.2 Å². The van der Waals surface area contributed by atoms with Crippen LogP contribution in [0.3, 0.4) is 0 Å². The molecular formula is C16H21NO3. The molecule has 1 heterocycles. The first-order valence-corrected chi connectivity index (χ1v) is 6.83. The molecule has 108 valence electrons. The van der Waals surface area contributed by atoms with Gasteiger partial charge in [0.15, 0.2) is 0 Å². The van der Waals surface area contributed by atoms with Gasteiger partial charge in [0.05, 0.1) is 25.2 Å². The van der Waals surface area contributed by atoms with E-state index < -0.39 is 0 Å². The summed E-state index contributed by atoms with van der Waals surface area (Å²) < 4.78 is 16.0. The quantitative estimate of drug-likeness (QED) is 0.752. The summed E-state index contributed by atoms with van der Waals surface area (Å²) in [6.07, 6.45) is 3.45. The zero-order valence-electron chi connectivity index (χ0n) is 12.0. The highest BCUT2D eigenvalue weighted by atomic mass is 16.5. The number of benzene rings is 1. The molecule has 1 atom stereocenters. The highest BCUT2D eigenvalue weighted by molar-refractivity contribution is 5.40. The number of rotatable bonds is 8. The van der Waals surface area contributed by atoms with E-state index in [1.165, 1.54) is 0 Å². The van der Waals surface area contributed by atoms with Gasteiger partial charge in [-0.2, -0.15) is 0 Å². The van der Waals surface area contributed by atoms with E-state index in [1.54, 1.807) is 19.6 Å². The van der Waals surface area contributed by atoms with Gasteiger partial charge < -0.3 is 19.2 Å². The fraction of sp³-hybridized carbons (Fsp3) is 0.375. The number of ether oxygens (including phenoxy) is 2. The van der Waals surface area contributed by atoms with E-state index in [0.29, 0.717) is 13.2 Å². The highest BCUT2D eigenvalue weighted by Crippen LogP contribution is 2.30. The lowest BCUT2D eigenvalue weighted by atomic mass is 10.00. The van der Waals surface area contributed by atoms with Crippen molar-refractivity contribution in [3.05, 3.63) is 54.0 Å². The number of para-hydroxylation sites is 1. The topological polar surface area (TPSA) is 43.6 Å². The molecule has 0 saturated carbocycles. The van der Waals surface area contributed by atoms with Crippen LogP contribution in [0.4, 0.5) is 0 Å². The van der Waals surface area contributed by atoms with Crippen LogP contribution in [0.2, 0.25) is 0 Å². The van der Waals surface area contributed by atoms with Crippen molar-refractivity contribution in [3.63, 3.8) is 0 Å². The molecule has 20 heavy (non-hydrogen) atoms. The smallest absolute Gasteiger partial charge is 0.124 e. The molecule has 0 aliphatic carbocycles. The Hall–Kier alpha value is -1.78. The van der Waals surface area contributed by atoms with E-state index in [4.69, 9.17) is 13.9 Å². The molecule has 0 radical (unpaired) electrons. The van der Waals surface area contributed by atoms with Gasteiger partial charge in [0.2, 0.25) is 0 Å². The Bertz CT molecular complexity index is 496. The van der Waals surface area contributed by atoms with Crippen LogP contribution in [0.5, 0.6) is 5.75 Å². The molecule has 4 heteroatoms. The van der Waals surface area contributed by atoms with Gasteiger partial charge in [-0.15, -0.1) is 0 Å². The van der Waals surface area contributed by atoms with E-state index in [0.717, 1.165) is 23.4 Å². The van der Waals surface area contributed by atoms with Crippen molar-refractivity contribution in [2.24, 2.45) is 0 Å². The van der Waals surface area contributed by atoms with Gasteiger partial charge in [-0.05, 0) is 18.7 Å². The minimum Gasteiger partial charge on any atom is -0.491 e. The maximum Gasteiger partial charge on any atom is 0.124 e. The highest BCUT2D eigenvalue weighted by Gasteiger charge is 2.18. The van der Waals surface area contributed by atoms with Crippen molar-refractivity contribution in [2.75, 3.05) is 26.9 Å². The first-order valence-electron chi connectivity index (χ1n) is 6.83. The SMILES string of the molecule is CCNC(c1ccoc1)c1ccccc1OCCOC. The molecule has 0 bridgehead atoms. The van der Waals surface area contributed by atoms with E-state index in [-0.39, 0.29) is 6.04 Å². The van der Waals surface area contributed by atoms with Gasteiger partial charge in [-0.25, -0.2) is 0 Å². The standard InChI is InChI=1S/C16H21NO3/c1-3-17-16(13-8-9-19-12-13)14-6-4-5-7-15(14)20-11-10-18-2/h4-9,12,16-17H,3,10-11H2,1-2H3. The monoisotopic (exact) mass is 275 g/mol. The maximum atomic E-state index is 5.81. The van der Waals surface area contributed by atoms with E-state index >= 15 is 0 Å². The summed E-state index contributed by atoms with van der Waals surface area (Å²) in [6.45, 7) is 4.06. The molecule has 0 aliphatic heterocycles. The first-order chi connectivity index (χ1) is 9.86. The average molecular weight is 275 g/mol.